The zero-order chi connectivity index (χ0) is 30.0. The molecule has 0 unspecified atom stereocenters. The van der Waals surface area contributed by atoms with Crippen molar-refractivity contribution in [3.05, 3.63) is 71.3 Å². The van der Waals surface area contributed by atoms with E-state index in [4.69, 9.17) is 33.5 Å². The quantitative estimate of drug-likeness (QED) is 0.243. The Kier molecular flexibility index (Phi) is 8.49. The Hall–Kier alpha value is -3.85. The summed E-state index contributed by atoms with van der Waals surface area (Å²) in [5.41, 5.74) is 0.502. The Morgan fingerprint density at radius 1 is 1.00 bits per heavy atom. The second-order valence-electron chi connectivity index (χ2n) is 8.60. The maximum Gasteiger partial charge on any atom is 0.587 e. The fourth-order valence-electron chi connectivity index (χ4n) is 3.79. The van der Waals surface area contributed by atoms with Crippen LogP contribution in [0.3, 0.4) is 0 Å². The third-order valence-electron chi connectivity index (χ3n) is 5.96. The molecule has 3 aromatic rings. The van der Waals surface area contributed by atoms with Crippen molar-refractivity contribution >= 4 is 13.6 Å². The van der Waals surface area contributed by atoms with Crippen LogP contribution < -0.4 is 29.9 Å². The van der Waals surface area contributed by atoms with Gasteiger partial charge >= 0.3 is 19.4 Å². The zero-order valence-corrected chi connectivity index (χ0v) is 22.3. The maximum absolute atomic E-state index is 15.1. The molecule has 0 aliphatic carbocycles. The monoisotopic (exact) mass is 605 g/mol. The molecule has 12 nitrogen and oxygen atoms in total. The lowest BCUT2D eigenvalue weighted by Crippen LogP contribution is -2.54. The molecule has 4 rings (SSSR count). The van der Waals surface area contributed by atoms with Gasteiger partial charge in [0.2, 0.25) is 6.23 Å². The molecule has 41 heavy (non-hydrogen) atoms. The predicted molar refractivity (Wildman–Crippen MR) is 134 cm³/mol. The molecule has 3 N–H and O–H groups in total. The van der Waals surface area contributed by atoms with Crippen molar-refractivity contribution in [1.29, 1.82) is 0 Å². The predicted octanol–water partition coefficient (Wildman–Crippen LogP) is 3.65. The summed E-state index contributed by atoms with van der Waals surface area (Å²) >= 11 is 0. The standard InChI is InChI=1S/C24H24F4N3O9P/c1-35-14-3-7-16(8-4-14)39-41(34,40-17-9-5-15(36-2)6-10-17)37-13-23(20(25)26)19(32)24(27,28)21(38-23)31-12-11-18(29)30-22(31)33/h3-12,19-21,32H,13H2,1-2H3,(H2,29,30,33)/t19-,21+,23+/m0/s1. The Morgan fingerprint density at radius 2 is 1.49 bits per heavy atom. The van der Waals surface area contributed by atoms with Gasteiger partial charge in [-0.05, 0) is 54.6 Å². The van der Waals surface area contributed by atoms with Gasteiger partial charge in [0.25, 0.3) is 6.43 Å². The van der Waals surface area contributed by atoms with Crippen molar-refractivity contribution in [2.75, 3.05) is 26.6 Å². The summed E-state index contributed by atoms with van der Waals surface area (Å²) in [6, 6.07) is 11.8. The fraction of sp³-hybridized carbons (Fsp3) is 0.333. The van der Waals surface area contributed by atoms with Crippen LogP contribution in [0.15, 0.2) is 65.6 Å². The van der Waals surface area contributed by atoms with E-state index in [1.807, 2.05) is 0 Å². The first-order valence-electron chi connectivity index (χ1n) is 11.6. The van der Waals surface area contributed by atoms with E-state index >= 15 is 8.78 Å². The van der Waals surface area contributed by atoms with Gasteiger partial charge < -0.3 is 34.1 Å². The average Bonchev–Trinajstić information content (AvgIpc) is 3.14. The molecule has 1 aliphatic rings. The first-order valence-corrected chi connectivity index (χ1v) is 13.1. The normalized spacial score (nSPS) is 22.0. The molecular weight excluding hydrogens is 581 g/mol. The van der Waals surface area contributed by atoms with Crippen LogP contribution in [0, 0.1) is 0 Å². The Balaban J connectivity index is 1.67. The Labute approximate surface area is 229 Å². The van der Waals surface area contributed by atoms with E-state index in [1.165, 1.54) is 62.8 Å². The lowest BCUT2D eigenvalue weighted by molar-refractivity contribution is -0.193. The number of halogens is 4. The number of rotatable bonds is 11. The molecule has 0 amide bonds. The minimum atomic E-state index is -4.97. The maximum atomic E-state index is 15.1. The molecule has 1 aromatic heterocycles. The number of hydrogen-bond acceptors (Lipinski definition) is 11. The minimum Gasteiger partial charge on any atom is -0.497 e. The first-order chi connectivity index (χ1) is 19.3. The Bertz CT molecular complexity index is 1410. The minimum absolute atomic E-state index is 0.135. The largest absolute Gasteiger partial charge is 0.587 e. The van der Waals surface area contributed by atoms with E-state index in [2.05, 4.69) is 4.98 Å². The van der Waals surface area contributed by atoms with Crippen molar-refractivity contribution in [2.45, 2.75) is 30.3 Å². The van der Waals surface area contributed by atoms with E-state index in [0.29, 0.717) is 11.5 Å². The number of alkyl halides is 4. The number of benzene rings is 2. The zero-order valence-electron chi connectivity index (χ0n) is 21.4. The summed E-state index contributed by atoms with van der Waals surface area (Å²) in [6.07, 6.45) is -9.11. The van der Waals surface area contributed by atoms with Crippen LogP contribution in [0.1, 0.15) is 6.23 Å². The second-order valence-corrected chi connectivity index (χ2v) is 10.1. The number of aliphatic hydroxyl groups is 1. The number of aromatic nitrogens is 2. The highest BCUT2D eigenvalue weighted by molar-refractivity contribution is 7.49. The number of nitrogens with zero attached hydrogens (tertiary/aromatic N) is 2. The number of nitrogens with two attached hydrogens (primary N) is 1. The number of phosphoric ester groups is 1. The smallest absolute Gasteiger partial charge is 0.497 e. The molecule has 1 aliphatic heterocycles. The van der Waals surface area contributed by atoms with Crippen molar-refractivity contribution in [3.8, 4) is 23.0 Å². The number of phosphoric acid groups is 1. The van der Waals surface area contributed by atoms with E-state index in [-0.39, 0.29) is 21.9 Å². The van der Waals surface area contributed by atoms with Gasteiger partial charge in [-0.2, -0.15) is 13.8 Å². The summed E-state index contributed by atoms with van der Waals surface area (Å²) in [5, 5.41) is 10.4. The number of aliphatic hydroxyl groups excluding tert-OH is 1. The Morgan fingerprint density at radius 3 is 1.93 bits per heavy atom. The molecule has 0 bridgehead atoms. The summed E-state index contributed by atoms with van der Waals surface area (Å²) in [5.74, 6) is -4.29. The molecule has 1 fully saturated rings. The van der Waals surface area contributed by atoms with Gasteiger partial charge in [0, 0.05) is 6.20 Å². The fourth-order valence-corrected chi connectivity index (χ4v) is 5.05. The van der Waals surface area contributed by atoms with Crippen molar-refractivity contribution in [3.63, 3.8) is 0 Å². The van der Waals surface area contributed by atoms with Crippen LogP contribution in [0.5, 0.6) is 23.0 Å². The van der Waals surface area contributed by atoms with E-state index in [9.17, 15) is 23.2 Å². The molecule has 2 heterocycles. The summed E-state index contributed by atoms with van der Waals surface area (Å²) in [4.78, 5) is 15.4. The van der Waals surface area contributed by atoms with Crippen molar-refractivity contribution in [1.82, 2.24) is 9.55 Å². The van der Waals surface area contributed by atoms with Crippen LogP contribution in [-0.4, -0.2) is 59.5 Å². The molecule has 0 saturated carbocycles. The average molecular weight is 605 g/mol. The lowest BCUT2D eigenvalue weighted by atomic mass is 9.96. The number of hydrogen-bond donors (Lipinski definition) is 2. The molecular formula is C24H24F4N3O9P. The van der Waals surface area contributed by atoms with Gasteiger partial charge in [0.1, 0.15) is 28.8 Å². The van der Waals surface area contributed by atoms with Crippen LogP contribution >= 0.6 is 7.82 Å². The molecule has 17 heteroatoms. The molecule has 1 saturated heterocycles. The van der Waals surface area contributed by atoms with E-state index in [1.54, 1.807) is 0 Å². The SMILES string of the molecule is COc1ccc(OP(=O)(OC[C@@]2(C(F)F)O[C@@H](n3ccc(N)nc3=O)C(F)(F)[C@H]2O)Oc2ccc(OC)cc2)cc1. The van der Waals surface area contributed by atoms with E-state index < -0.39 is 50.4 Å². The number of ether oxygens (including phenoxy) is 3. The van der Waals surface area contributed by atoms with Gasteiger partial charge in [-0.15, -0.1) is 0 Å². The van der Waals surface area contributed by atoms with Gasteiger partial charge in [-0.25, -0.2) is 18.1 Å². The van der Waals surface area contributed by atoms with Gasteiger partial charge in [0.15, 0.2) is 11.7 Å². The number of methoxy groups -OCH3 is 2. The van der Waals surface area contributed by atoms with Crippen LogP contribution in [-0.2, 0) is 13.8 Å². The van der Waals surface area contributed by atoms with Gasteiger partial charge in [-0.3, -0.25) is 9.09 Å². The number of nitrogen functional groups attached to an aromatic ring is 1. The lowest BCUT2D eigenvalue weighted by Gasteiger charge is -2.31. The highest BCUT2D eigenvalue weighted by Crippen LogP contribution is 2.55. The molecule has 0 radical (unpaired) electrons. The highest BCUT2D eigenvalue weighted by atomic mass is 31.2. The third kappa shape index (κ3) is 6.10. The molecule has 2 aromatic carbocycles. The summed E-state index contributed by atoms with van der Waals surface area (Å²) < 4.78 is 104. The van der Waals surface area contributed by atoms with E-state index in [0.717, 1.165) is 12.3 Å². The summed E-state index contributed by atoms with van der Waals surface area (Å²) in [6.45, 7) is -1.63. The topological polar surface area (TPSA) is 154 Å². The molecule has 3 atom stereocenters. The second kappa shape index (κ2) is 11.6. The van der Waals surface area contributed by atoms with Crippen molar-refractivity contribution in [2.24, 2.45) is 0 Å². The highest BCUT2D eigenvalue weighted by Gasteiger charge is 2.71. The van der Waals surface area contributed by atoms with Crippen LogP contribution in [0.4, 0.5) is 23.4 Å². The molecule has 222 valence electrons. The van der Waals surface area contributed by atoms with Gasteiger partial charge in [-0.1, -0.05) is 0 Å². The van der Waals surface area contributed by atoms with Gasteiger partial charge in [0.05, 0.1) is 20.8 Å². The van der Waals surface area contributed by atoms with Crippen LogP contribution in [0.2, 0.25) is 0 Å². The number of anilines is 1. The first kappa shape index (κ1) is 30.1. The summed E-state index contributed by atoms with van der Waals surface area (Å²) in [7, 11) is -2.18. The van der Waals surface area contributed by atoms with Crippen molar-refractivity contribution < 1.29 is 55.0 Å². The van der Waals surface area contributed by atoms with Crippen LogP contribution in [0.25, 0.3) is 0 Å². The molecule has 0 spiro atoms. The third-order valence-corrected chi connectivity index (χ3v) is 7.28.